The lowest BCUT2D eigenvalue weighted by Gasteiger charge is -2.14. The van der Waals surface area contributed by atoms with E-state index in [0.717, 1.165) is 5.56 Å². The first kappa shape index (κ1) is 15.3. The van der Waals surface area contributed by atoms with Crippen LogP contribution >= 0.6 is 11.6 Å². The average molecular weight is 307 g/mol. The van der Waals surface area contributed by atoms with Gasteiger partial charge in [0.15, 0.2) is 0 Å². The summed E-state index contributed by atoms with van der Waals surface area (Å²) in [5, 5.41) is 6.06. The Morgan fingerprint density at radius 2 is 1.90 bits per heavy atom. The van der Waals surface area contributed by atoms with E-state index in [1.807, 2.05) is 19.9 Å². The van der Waals surface area contributed by atoms with Crippen molar-refractivity contribution in [2.45, 2.75) is 13.8 Å². The van der Waals surface area contributed by atoms with Gasteiger partial charge in [-0.3, -0.25) is 4.79 Å². The molecule has 0 aliphatic heterocycles. The number of rotatable bonds is 4. The van der Waals surface area contributed by atoms with E-state index in [0.29, 0.717) is 17.3 Å². The molecule has 0 spiro atoms. The van der Waals surface area contributed by atoms with Crippen molar-refractivity contribution in [2.24, 2.45) is 0 Å². The highest BCUT2D eigenvalue weighted by atomic mass is 35.5. The van der Waals surface area contributed by atoms with Crippen LogP contribution in [0.1, 0.15) is 22.8 Å². The topological polar surface area (TPSA) is 41.1 Å². The fourth-order valence-electron chi connectivity index (χ4n) is 2.04. The van der Waals surface area contributed by atoms with Crippen molar-refractivity contribution < 1.29 is 9.18 Å². The Morgan fingerprint density at radius 3 is 2.57 bits per heavy atom. The van der Waals surface area contributed by atoms with Crippen LogP contribution in [0.15, 0.2) is 36.4 Å². The van der Waals surface area contributed by atoms with Crippen LogP contribution in [0.5, 0.6) is 0 Å². The summed E-state index contributed by atoms with van der Waals surface area (Å²) in [5.41, 5.74) is 1.83. The summed E-state index contributed by atoms with van der Waals surface area (Å²) in [4.78, 5) is 12.4. The van der Waals surface area contributed by atoms with E-state index in [9.17, 15) is 9.18 Å². The molecular formula is C16H16ClFN2O. The molecule has 0 aromatic heterocycles. The molecular weight excluding hydrogens is 291 g/mol. The molecule has 0 atom stereocenters. The van der Waals surface area contributed by atoms with E-state index in [4.69, 9.17) is 11.6 Å². The number of halogens is 2. The lowest BCUT2D eigenvalue weighted by molar-refractivity contribution is 0.102. The second kappa shape index (κ2) is 6.59. The summed E-state index contributed by atoms with van der Waals surface area (Å²) in [7, 11) is 0. The van der Waals surface area contributed by atoms with Gasteiger partial charge in [0.1, 0.15) is 5.82 Å². The molecule has 0 aliphatic rings. The lowest BCUT2D eigenvalue weighted by atomic mass is 10.1. The van der Waals surface area contributed by atoms with Gasteiger partial charge in [0.05, 0.1) is 22.0 Å². The van der Waals surface area contributed by atoms with E-state index >= 15 is 0 Å². The van der Waals surface area contributed by atoms with Crippen LogP contribution in [-0.2, 0) is 0 Å². The van der Waals surface area contributed by atoms with Gasteiger partial charge in [-0.15, -0.1) is 0 Å². The first-order valence-corrected chi connectivity index (χ1v) is 7.01. The smallest absolute Gasteiger partial charge is 0.257 e. The summed E-state index contributed by atoms with van der Waals surface area (Å²) in [6.07, 6.45) is 0. The van der Waals surface area contributed by atoms with Gasteiger partial charge in [0.25, 0.3) is 5.91 Å². The zero-order valence-electron chi connectivity index (χ0n) is 11.8. The molecule has 2 rings (SSSR count). The number of amides is 1. The van der Waals surface area contributed by atoms with E-state index in [2.05, 4.69) is 10.6 Å². The Labute approximate surface area is 128 Å². The molecule has 0 fully saturated rings. The predicted molar refractivity (Wildman–Crippen MR) is 84.7 cm³/mol. The van der Waals surface area contributed by atoms with Crippen molar-refractivity contribution >= 4 is 28.9 Å². The van der Waals surface area contributed by atoms with E-state index in [1.54, 1.807) is 18.2 Å². The van der Waals surface area contributed by atoms with Crippen LogP contribution in [0, 0.1) is 12.7 Å². The summed E-state index contributed by atoms with van der Waals surface area (Å²) in [5.74, 6) is -0.859. The fourth-order valence-corrected chi connectivity index (χ4v) is 2.31. The SMILES string of the molecule is CCNc1c(F)cccc1C(=O)Nc1c(C)cccc1Cl. The number of nitrogens with one attached hydrogen (secondary N) is 2. The van der Waals surface area contributed by atoms with Crippen LogP contribution in [0.25, 0.3) is 0 Å². The zero-order chi connectivity index (χ0) is 15.4. The van der Waals surface area contributed by atoms with Gasteiger partial charge in [0, 0.05) is 6.54 Å². The highest BCUT2D eigenvalue weighted by molar-refractivity contribution is 6.34. The molecule has 1 amide bonds. The van der Waals surface area contributed by atoms with Gasteiger partial charge >= 0.3 is 0 Å². The normalized spacial score (nSPS) is 10.3. The minimum atomic E-state index is -0.458. The van der Waals surface area contributed by atoms with Gasteiger partial charge in [-0.2, -0.15) is 0 Å². The Bertz CT molecular complexity index is 653. The lowest BCUT2D eigenvalue weighted by Crippen LogP contribution is -2.16. The quantitative estimate of drug-likeness (QED) is 0.875. The summed E-state index contributed by atoms with van der Waals surface area (Å²) in [6, 6.07) is 9.74. The molecule has 0 saturated carbocycles. The molecule has 110 valence electrons. The highest BCUT2D eigenvalue weighted by Gasteiger charge is 2.16. The number of anilines is 2. The number of hydrogen-bond donors (Lipinski definition) is 2. The summed E-state index contributed by atoms with van der Waals surface area (Å²) >= 11 is 6.09. The van der Waals surface area contributed by atoms with E-state index < -0.39 is 11.7 Å². The monoisotopic (exact) mass is 306 g/mol. The second-order valence-electron chi connectivity index (χ2n) is 4.58. The van der Waals surface area contributed by atoms with Crippen molar-refractivity contribution in [3.8, 4) is 0 Å². The Morgan fingerprint density at radius 1 is 1.19 bits per heavy atom. The molecule has 5 heteroatoms. The number of aryl methyl sites for hydroxylation is 1. The molecule has 0 radical (unpaired) electrons. The van der Waals surface area contributed by atoms with Crippen LogP contribution in [-0.4, -0.2) is 12.5 Å². The number of benzene rings is 2. The predicted octanol–water partition coefficient (Wildman–Crippen LogP) is 4.47. The average Bonchev–Trinajstić information content (AvgIpc) is 2.45. The molecule has 0 bridgehead atoms. The summed E-state index contributed by atoms with van der Waals surface area (Å²) in [6.45, 7) is 4.21. The molecule has 2 aromatic rings. The fraction of sp³-hybridized carbons (Fsp3) is 0.188. The Hall–Kier alpha value is -2.07. The Balaban J connectivity index is 2.35. The molecule has 2 aromatic carbocycles. The van der Waals surface area contributed by atoms with Crippen LogP contribution in [0.2, 0.25) is 5.02 Å². The van der Waals surface area contributed by atoms with Gasteiger partial charge in [-0.1, -0.05) is 29.8 Å². The second-order valence-corrected chi connectivity index (χ2v) is 4.99. The van der Waals surface area contributed by atoms with Gasteiger partial charge in [0.2, 0.25) is 0 Å². The molecule has 3 nitrogen and oxygen atoms in total. The first-order chi connectivity index (χ1) is 10.0. The Kier molecular flexibility index (Phi) is 4.81. The minimum Gasteiger partial charge on any atom is -0.382 e. The maximum absolute atomic E-state index is 13.8. The largest absolute Gasteiger partial charge is 0.382 e. The van der Waals surface area contributed by atoms with Crippen molar-refractivity contribution in [1.82, 2.24) is 0 Å². The number of hydrogen-bond acceptors (Lipinski definition) is 2. The highest BCUT2D eigenvalue weighted by Crippen LogP contribution is 2.27. The maximum atomic E-state index is 13.8. The number of carbonyl (C=O) groups is 1. The molecule has 2 N–H and O–H groups in total. The van der Waals surface area contributed by atoms with Crippen molar-refractivity contribution in [2.75, 3.05) is 17.2 Å². The van der Waals surface area contributed by atoms with Crippen LogP contribution in [0.3, 0.4) is 0 Å². The third kappa shape index (κ3) is 3.34. The summed E-state index contributed by atoms with van der Waals surface area (Å²) < 4.78 is 13.8. The van der Waals surface area contributed by atoms with Gasteiger partial charge < -0.3 is 10.6 Å². The molecule has 0 aliphatic carbocycles. The maximum Gasteiger partial charge on any atom is 0.257 e. The first-order valence-electron chi connectivity index (χ1n) is 6.63. The third-order valence-electron chi connectivity index (χ3n) is 3.07. The molecule has 0 heterocycles. The zero-order valence-corrected chi connectivity index (χ0v) is 12.6. The molecule has 21 heavy (non-hydrogen) atoms. The standard InChI is InChI=1S/C16H16ClFN2O/c1-3-19-15-11(7-5-9-13(15)18)16(21)20-14-10(2)6-4-8-12(14)17/h4-9,19H,3H2,1-2H3,(H,20,21). The number of para-hydroxylation sites is 2. The number of carbonyl (C=O) groups excluding carboxylic acids is 1. The van der Waals surface area contributed by atoms with Gasteiger partial charge in [-0.05, 0) is 37.6 Å². The third-order valence-corrected chi connectivity index (χ3v) is 3.39. The van der Waals surface area contributed by atoms with Crippen molar-refractivity contribution in [1.29, 1.82) is 0 Å². The van der Waals surface area contributed by atoms with Crippen molar-refractivity contribution in [3.63, 3.8) is 0 Å². The molecule has 0 unspecified atom stereocenters. The van der Waals surface area contributed by atoms with E-state index in [-0.39, 0.29) is 11.3 Å². The minimum absolute atomic E-state index is 0.196. The van der Waals surface area contributed by atoms with Gasteiger partial charge in [-0.25, -0.2) is 4.39 Å². The van der Waals surface area contributed by atoms with Crippen molar-refractivity contribution in [3.05, 3.63) is 58.4 Å². The van der Waals surface area contributed by atoms with Crippen LogP contribution in [0.4, 0.5) is 15.8 Å². The van der Waals surface area contributed by atoms with Crippen LogP contribution < -0.4 is 10.6 Å². The van der Waals surface area contributed by atoms with E-state index in [1.165, 1.54) is 12.1 Å². The molecule has 0 saturated heterocycles.